The normalized spacial score (nSPS) is 17.9. The van der Waals surface area contributed by atoms with Crippen LogP contribution in [0.25, 0.3) is 0 Å². The third-order valence-corrected chi connectivity index (χ3v) is 3.17. The average Bonchev–Trinajstić information content (AvgIpc) is 3.12. The molecule has 0 radical (unpaired) electrons. The van der Waals surface area contributed by atoms with Gasteiger partial charge in [0, 0.05) is 6.61 Å². The molecular weight excluding hydrogens is 277 g/mol. The molecule has 110 valence electrons. The SMILES string of the molecule is O=C(Cc1ccc(F)cc1)Nc1nnc(C2CCCO2)o1. The summed E-state index contributed by atoms with van der Waals surface area (Å²) in [5, 5.41) is 10.2. The lowest BCUT2D eigenvalue weighted by molar-refractivity contribution is -0.115. The number of carbonyl (C=O) groups is 1. The third-order valence-electron chi connectivity index (χ3n) is 3.17. The van der Waals surface area contributed by atoms with Gasteiger partial charge in [-0.15, -0.1) is 5.10 Å². The number of hydrogen-bond donors (Lipinski definition) is 1. The highest BCUT2D eigenvalue weighted by Crippen LogP contribution is 2.28. The van der Waals surface area contributed by atoms with Gasteiger partial charge in [0.15, 0.2) is 0 Å². The molecule has 1 atom stereocenters. The molecule has 0 saturated carbocycles. The number of carbonyl (C=O) groups excluding carboxylic acids is 1. The fourth-order valence-corrected chi connectivity index (χ4v) is 2.14. The first-order valence-electron chi connectivity index (χ1n) is 6.70. The molecule has 1 saturated heterocycles. The van der Waals surface area contributed by atoms with E-state index < -0.39 is 0 Å². The van der Waals surface area contributed by atoms with Gasteiger partial charge >= 0.3 is 6.01 Å². The summed E-state index contributed by atoms with van der Waals surface area (Å²) >= 11 is 0. The van der Waals surface area contributed by atoms with Crippen molar-refractivity contribution in [2.45, 2.75) is 25.4 Å². The van der Waals surface area contributed by atoms with Crippen molar-refractivity contribution in [2.24, 2.45) is 0 Å². The van der Waals surface area contributed by atoms with Crippen LogP contribution in [0.5, 0.6) is 0 Å². The Morgan fingerprint density at radius 3 is 2.86 bits per heavy atom. The molecule has 0 bridgehead atoms. The molecule has 1 unspecified atom stereocenters. The molecule has 1 fully saturated rings. The first kappa shape index (κ1) is 13.7. The van der Waals surface area contributed by atoms with Crippen LogP contribution < -0.4 is 5.32 Å². The molecule has 2 heterocycles. The Balaban J connectivity index is 1.58. The summed E-state index contributed by atoms with van der Waals surface area (Å²) in [6, 6.07) is 5.78. The van der Waals surface area contributed by atoms with E-state index in [0.29, 0.717) is 18.1 Å². The maximum atomic E-state index is 12.8. The van der Waals surface area contributed by atoms with E-state index in [4.69, 9.17) is 9.15 Å². The summed E-state index contributed by atoms with van der Waals surface area (Å²) in [7, 11) is 0. The van der Waals surface area contributed by atoms with E-state index in [2.05, 4.69) is 15.5 Å². The molecule has 1 N–H and O–H groups in total. The van der Waals surface area contributed by atoms with Crippen LogP contribution in [0.4, 0.5) is 10.4 Å². The number of benzene rings is 1. The second-order valence-corrected chi connectivity index (χ2v) is 4.80. The van der Waals surface area contributed by atoms with Crippen molar-refractivity contribution < 1.29 is 18.3 Å². The molecular formula is C14H14FN3O3. The molecule has 1 aromatic carbocycles. The zero-order valence-electron chi connectivity index (χ0n) is 11.2. The van der Waals surface area contributed by atoms with Gasteiger partial charge in [-0.25, -0.2) is 4.39 Å². The zero-order chi connectivity index (χ0) is 14.7. The molecule has 0 spiro atoms. The minimum atomic E-state index is -0.336. The fourth-order valence-electron chi connectivity index (χ4n) is 2.14. The standard InChI is InChI=1S/C14H14FN3O3/c15-10-5-3-9(4-6-10)8-12(19)16-14-18-17-13(21-14)11-2-1-7-20-11/h3-6,11H,1-2,7-8H2,(H,16,18,19). The number of amides is 1. The number of ether oxygens (including phenoxy) is 1. The topological polar surface area (TPSA) is 77.2 Å². The Morgan fingerprint density at radius 2 is 2.14 bits per heavy atom. The van der Waals surface area contributed by atoms with Crippen molar-refractivity contribution in [3.05, 3.63) is 41.5 Å². The van der Waals surface area contributed by atoms with E-state index in [1.54, 1.807) is 12.1 Å². The fraction of sp³-hybridized carbons (Fsp3) is 0.357. The van der Waals surface area contributed by atoms with E-state index in [1.165, 1.54) is 12.1 Å². The van der Waals surface area contributed by atoms with Crippen LogP contribution in [-0.2, 0) is 16.0 Å². The van der Waals surface area contributed by atoms with Crippen molar-refractivity contribution >= 4 is 11.9 Å². The van der Waals surface area contributed by atoms with Crippen LogP contribution >= 0.6 is 0 Å². The van der Waals surface area contributed by atoms with Crippen molar-refractivity contribution in [3.63, 3.8) is 0 Å². The van der Waals surface area contributed by atoms with Gasteiger partial charge in [-0.3, -0.25) is 10.1 Å². The summed E-state index contributed by atoms with van der Waals surface area (Å²) in [5.74, 6) is -0.258. The highest BCUT2D eigenvalue weighted by molar-refractivity contribution is 5.90. The summed E-state index contributed by atoms with van der Waals surface area (Å²) in [6.07, 6.45) is 1.72. The lowest BCUT2D eigenvalue weighted by atomic mass is 10.1. The molecule has 21 heavy (non-hydrogen) atoms. The van der Waals surface area contributed by atoms with Crippen LogP contribution in [0.3, 0.4) is 0 Å². The number of halogens is 1. The molecule has 1 amide bonds. The number of rotatable bonds is 4. The van der Waals surface area contributed by atoms with Gasteiger partial charge in [-0.1, -0.05) is 17.2 Å². The van der Waals surface area contributed by atoms with E-state index in [9.17, 15) is 9.18 Å². The van der Waals surface area contributed by atoms with E-state index in [0.717, 1.165) is 12.8 Å². The average molecular weight is 291 g/mol. The molecule has 0 aliphatic carbocycles. The second-order valence-electron chi connectivity index (χ2n) is 4.80. The van der Waals surface area contributed by atoms with Gasteiger partial charge in [0.1, 0.15) is 11.9 Å². The number of nitrogens with one attached hydrogen (secondary N) is 1. The van der Waals surface area contributed by atoms with Gasteiger partial charge in [0.25, 0.3) is 0 Å². The van der Waals surface area contributed by atoms with E-state index in [1.807, 2.05) is 0 Å². The molecule has 1 aliphatic rings. The summed E-state index contributed by atoms with van der Waals surface area (Å²) in [4.78, 5) is 11.8. The molecule has 1 aliphatic heterocycles. The quantitative estimate of drug-likeness (QED) is 0.934. The van der Waals surface area contributed by atoms with Gasteiger partial charge in [0.05, 0.1) is 6.42 Å². The third kappa shape index (κ3) is 3.43. The van der Waals surface area contributed by atoms with Crippen LogP contribution in [0, 0.1) is 5.82 Å². The smallest absolute Gasteiger partial charge is 0.322 e. The van der Waals surface area contributed by atoms with Crippen molar-refractivity contribution in [1.29, 1.82) is 0 Å². The van der Waals surface area contributed by atoms with E-state index >= 15 is 0 Å². The van der Waals surface area contributed by atoms with Crippen molar-refractivity contribution in [3.8, 4) is 0 Å². The number of nitrogens with zero attached hydrogens (tertiary/aromatic N) is 2. The van der Waals surface area contributed by atoms with Crippen LogP contribution in [0.15, 0.2) is 28.7 Å². The highest BCUT2D eigenvalue weighted by atomic mass is 19.1. The summed E-state index contributed by atoms with van der Waals surface area (Å²) in [5.41, 5.74) is 0.702. The number of anilines is 1. The van der Waals surface area contributed by atoms with Gasteiger partial charge in [0.2, 0.25) is 11.8 Å². The molecule has 7 heteroatoms. The van der Waals surface area contributed by atoms with Gasteiger partial charge in [-0.2, -0.15) is 0 Å². The Labute approximate surface area is 120 Å². The Morgan fingerprint density at radius 1 is 1.33 bits per heavy atom. The van der Waals surface area contributed by atoms with Gasteiger partial charge in [-0.05, 0) is 30.5 Å². The second kappa shape index (κ2) is 6.01. The van der Waals surface area contributed by atoms with Crippen LogP contribution in [-0.4, -0.2) is 22.7 Å². The Kier molecular flexibility index (Phi) is 3.92. The van der Waals surface area contributed by atoms with E-state index in [-0.39, 0.29) is 30.3 Å². The molecule has 3 rings (SSSR count). The molecule has 6 nitrogen and oxygen atoms in total. The Bertz CT molecular complexity index is 621. The predicted octanol–water partition coefficient (Wildman–Crippen LogP) is 2.24. The zero-order valence-corrected chi connectivity index (χ0v) is 11.2. The first-order chi connectivity index (χ1) is 10.2. The lowest BCUT2D eigenvalue weighted by Crippen LogP contribution is -2.14. The van der Waals surface area contributed by atoms with Crippen LogP contribution in [0.1, 0.15) is 30.4 Å². The first-order valence-corrected chi connectivity index (χ1v) is 6.70. The monoisotopic (exact) mass is 291 g/mol. The minimum Gasteiger partial charge on any atom is -0.405 e. The van der Waals surface area contributed by atoms with Gasteiger partial charge < -0.3 is 9.15 Å². The maximum Gasteiger partial charge on any atom is 0.322 e. The molecule has 1 aromatic heterocycles. The number of hydrogen-bond acceptors (Lipinski definition) is 5. The molecule has 2 aromatic rings. The largest absolute Gasteiger partial charge is 0.405 e. The van der Waals surface area contributed by atoms with Crippen molar-refractivity contribution in [1.82, 2.24) is 10.2 Å². The maximum absolute atomic E-state index is 12.8. The minimum absolute atomic E-state index is 0.0487. The Hall–Kier alpha value is -2.28. The van der Waals surface area contributed by atoms with Crippen LogP contribution in [0.2, 0.25) is 0 Å². The number of aromatic nitrogens is 2. The lowest BCUT2D eigenvalue weighted by Gasteiger charge is -2.02. The summed E-state index contributed by atoms with van der Waals surface area (Å²) in [6.45, 7) is 0.680. The predicted molar refractivity (Wildman–Crippen MR) is 71.0 cm³/mol. The van der Waals surface area contributed by atoms with Crippen molar-refractivity contribution in [2.75, 3.05) is 11.9 Å². The summed E-state index contributed by atoms with van der Waals surface area (Å²) < 4.78 is 23.6. The highest BCUT2D eigenvalue weighted by Gasteiger charge is 2.24.